The molecule has 0 saturated heterocycles. The molecule has 0 aliphatic rings. The second-order valence-electron chi connectivity index (χ2n) is 5.15. The van der Waals surface area contributed by atoms with Gasteiger partial charge in [-0.25, -0.2) is 0 Å². The number of anilines is 1. The molecule has 0 aliphatic heterocycles. The molecule has 0 bridgehead atoms. The van der Waals surface area contributed by atoms with Crippen molar-refractivity contribution >= 4 is 11.6 Å². The molecule has 0 unspecified atom stereocenters. The summed E-state index contributed by atoms with van der Waals surface area (Å²) in [6.07, 6.45) is 0.943. The second kappa shape index (κ2) is 6.93. The smallest absolute Gasteiger partial charge is 0.255 e. The van der Waals surface area contributed by atoms with E-state index in [0.29, 0.717) is 12.2 Å². The molecule has 0 saturated carbocycles. The Bertz CT molecular complexity index is 635. The predicted octanol–water partition coefficient (Wildman–Crippen LogP) is 4.34. The highest BCUT2D eigenvalue weighted by Crippen LogP contribution is 2.19. The lowest BCUT2D eigenvalue weighted by Gasteiger charge is -2.10. The first-order chi connectivity index (χ1) is 10.1. The van der Waals surface area contributed by atoms with E-state index in [1.807, 2.05) is 38.1 Å². The van der Waals surface area contributed by atoms with E-state index in [4.69, 9.17) is 4.74 Å². The largest absolute Gasteiger partial charge is 0.494 e. The fourth-order valence-electron chi connectivity index (χ4n) is 2.10. The molecule has 3 heteroatoms. The van der Waals surface area contributed by atoms with Crippen LogP contribution in [0.4, 0.5) is 5.69 Å². The molecular weight excluding hydrogens is 262 g/mol. The molecule has 0 atom stereocenters. The van der Waals surface area contributed by atoms with Crippen LogP contribution >= 0.6 is 0 Å². The van der Waals surface area contributed by atoms with E-state index in [9.17, 15) is 4.79 Å². The molecule has 2 rings (SSSR count). The zero-order valence-corrected chi connectivity index (χ0v) is 12.8. The van der Waals surface area contributed by atoms with Crippen molar-refractivity contribution in [2.45, 2.75) is 27.2 Å². The van der Waals surface area contributed by atoms with Crippen molar-refractivity contribution in [1.29, 1.82) is 0 Å². The van der Waals surface area contributed by atoms with Crippen molar-refractivity contribution < 1.29 is 9.53 Å². The van der Waals surface area contributed by atoms with Gasteiger partial charge in [-0.15, -0.1) is 0 Å². The lowest BCUT2D eigenvalue weighted by Crippen LogP contribution is -2.13. The summed E-state index contributed by atoms with van der Waals surface area (Å²) in [7, 11) is 0. The van der Waals surface area contributed by atoms with Crippen molar-refractivity contribution in [3.8, 4) is 5.75 Å². The Morgan fingerprint density at radius 3 is 2.67 bits per heavy atom. The monoisotopic (exact) mass is 283 g/mol. The van der Waals surface area contributed by atoms with Crippen LogP contribution in [0.2, 0.25) is 0 Å². The third-order valence-corrected chi connectivity index (χ3v) is 3.20. The standard InChI is InChI=1S/C18H21NO2/c1-4-10-21-16-7-5-6-15(12-16)18(20)19-17-9-8-13(2)11-14(17)3/h5-9,11-12H,4,10H2,1-3H3,(H,19,20). The Morgan fingerprint density at radius 1 is 1.14 bits per heavy atom. The Hall–Kier alpha value is -2.29. The van der Waals surface area contributed by atoms with Crippen LogP contribution in [0.1, 0.15) is 34.8 Å². The van der Waals surface area contributed by atoms with Gasteiger partial charge in [0.2, 0.25) is 0 Å². The van der Waals surface area contributed by atoms with Gasteiger partial charge < -0.3 is 10.1 Å². The van der Waals surface area contributed by atoms with Gasteiger partial charge in [0.25, 0.3) is 5.91 Å². The van der Waals surface area contributed by atoms with Gasteiger partial charge in [-0.3, -0.25) is 4.79 Å². The molecule has 0 radical (unpaired) electrons. The number of benzene rings is 2. The number of carbonyl (C=O) groups excluding carboxylic acids is 1. The van der Waals surface area contributed by atoms with Gasteiger partial charge in [-0.1, -0.05) is 30.7 Å². The van der Waals surface area contributed by atoms with Crippen LogP contribution in [-0.2, 0) is 0 Å². The van der Waals surface area contributed by atoms with Crippen molar-refractivity contribution in [3.63, 3.8) is 0 Å². The fraction of sp³-hybridized carbons (Fsp3) is 0.278. The van der Waals surface area contributed by atoms with Crippen molar-refractivity contribution in [2.24, 2.45) is 0 Å². The topological polar surface area (TPSA) is 38.3 Å². The first-order valence-electron chi connectivity index (χ1n) is 7.21. The van der Waals surface area contributed by atoms with Crippen molar-refractivity contribution in [1.82, 2.24) is 0 Å². The first kappa shape index (κ1) is 15.1. The van der Waals surface area contributed by atoms with Crippen LogP contribution in [0, 0.1) is 13.8 Å². The molecule has 0 fully saturated rings. The molecule has 0 heterocycles. The Labute approximate surface area is 126 Å². The average Bonchev–Trinajstić information content (AvgIpc) is 2.48. The van der Waals surface area contributed by atoms with Crippen LogP contribution in [0.3, 0.4) is 0 Å². The van der Waals surface area contributed by atoms with Crippen LogP contribution in [0.5, 0.6) is 5.75 Å². The molecule has 21 heavy (non-hydrogen) atoms. The van der Waals surface area contributed by atoms with Crippen LogP contribution in [-0.4, -0.2) is 12.5 Å². The van der Waals surface area contributed by atoms with Crippen LogP contribution in [0.15, 0.2) is 42.5 Å². The minimum Gasteiger partial charge on any atom is -0.494 e. The summed E-state index contributed by atoms with van der Waals surface area (Å²) in [5.41, 5.74) is 3.68. The van der Waals surface area contributed by atoms with E-state index < -0.39 is 0 Å². The highest BCUT2D eigenvalue weighted by Gasteiger charge is 2.08. The van der Waals surface area contributed by atoms with Crippen molar-refractivity contribution in [2.75, 3.05) is 11.9 Å². The minimum atomic E-state index is -0.121. The Kier molecular flexibility index (Phi) is 4.99. The van der Waals surface area contributed by atoms with Gasteiger partial charge in [0, 0.05) is 11.3 Å². The summed E-state index contributed by atoms with van der Waals surface area (Å²) < 4.78 is 5.56. The predicted molar refractivity (Wildman–Crippen MR) is 86.1 cm³/mol. The number of amides is 1. The Balaban J connectivity index is 2.12. The van der Waals surface area contributed by atoms with E-state index in [2.05, 4.69) is 18.3 Å². The van der Waals surface area contributed by atoms with Crippen LogP contribution in [0.25, 0.3) is 0 Å². The third kappa shape index (κ3) is 4.09. The fourth-order valence-corrected chi connectivity index (χ4v) is 2.10. The summed E-state index contributed by atoms with van der Waals surface area (Å²) in [5, 5.41) is 2.94. The quantitative estimate of drug-likeness (QED) is 0.886. The van der Waals surface area contributed by atoms with Gasteiger partial charge in [-0.2, -0.15) is 0 Å². The summed E-state index contributed by atoms with van der Waals surface area (Å²) in [6.45, 7) is 6.73. The molecule has 110 valence electrons. The molecule has 3 nitrogen and oxygen atoms in total. The van der Waals surface area contributed by atoms with Gasteiger partial charge >= 0.3 is 0 Å². The summed E-state index contributed by atoms with van der Waals surface area (Å²) >= 11 is 0. The maximum absolute atomic E-state index is 12.3. The third-order valence-electron chi connectivity index (χ3n) is 3.20. The molecule has 2 aromatic rings. The number of rotatable bonds is 5. The van der Waals surface area contributed by atoms with E-state index >= 15 is 0 Å². The highest BCUT2D eigenvalue weighted by molar-refractivity contribution is 6.04. The lowest BCUT2D eigenvalue weighted by atomic mass is 10.1. The van der Waals surface area contributed by atoms with Gasteiger partial charge in [0.1, 0.15) is 5.75 Å². The summed E-state index contributed by atoms with van der Waals surface area (Å²) in [4.78, 5) is 12.3. The van der Waals surface area contributed by atoms with Gasteiger partial charge in [0.15, 0.2) is 0 Å². The van der Waals surface area contributed by atoms with Gasteiger partial charge in [0.05, 0.1) is 6.61 Å². The van der Waals surface area contributed by atoms with E-state index in [1.54, 1.807) is 12.1 Å². The number of aryl methyl sites for hydroxylation is 2. The molecule has 0 aromatic heterocycles. The maximum atomic E-state index is 12.3. The SMILES string of the molecule is CCCOc1cccc(C(=O)Nc2ccc(C)cc2C)c1. The van der Waals surface area contributed by atoms with E-state index in [1.165, 1.54) is 5.56 Å². The average molecular weight is 283 g/mol. The number of hydrogen-bond acceptors (Lipinski definition) is 2. The summed E-state index contributed by atoms with van der Waals surface area (Å²) in [5.74, 6) is 0.606. The molecule has 0 spiro atoms. The molecule has 0 aliphatic carbocycles. The molecule has 1 N–H and O–H groups in total. The van der Waals surface area contributed by atoms with Crippen LogP contribution < -0.4 is 10.1 Å². The minimum absolute atomic E-state index is 0.121. The Morgan fingerprint density at radius 2 is 1.95 bits per heavy atom. The molecular formula is C18H21NO2. The lowest BCUT2D eigenvalue weighted by molar-refractivity contribution is 0.102. The number of nitrogens with one attached hydrogen (secondary N) is 1. The maximum Gasteiger partial charge on any atom is 0.255 e. The first-order valence-corrected chi connectivity index (χ1v) is 7.21. The number of carbonyl (C=O) groups is 1. The van der Waals surface area contributed by atoms with E-state index in [-0.39, 0.29) is 5.91 Å². The summed E-state index contributed by atoms with van der Waals surface area (Å²) in [6, 6.07) is 13.2. The molecule has 2 aromatic carbocycles. The van der Waals surface area contributed by atoms with Crippen molar-refractivity contribution in [3.05, 3.63) is 59.2 Å². The van der Waals surface area contributed by atoms with E-state index in [0.717, 1.165) is 23.4 Å². The normalized spacial score (nSPS) is 10.2. The zero-order chi connectivity index (χ0) is 15.2. The second-order valence-corrected chi connectivity index (χ2v) is 5.15. The number of ether oxygens (including phenoxy) is 1. The molecule has 1 amide bonds. The van der Waals surface area contributed by atoms with Gasteiger partial charge in [-0.05, 0) is 50.1 Å². The highest BCUT2D eigenvalue weighted by atomic mass is 16.5. The zero-order valence-electron chi connectivity index (χ0n) is 12.8. The number of hydrogen-bond donors (Lipinski definition) is 1.